The van der Waals surface area contributed by atoms with Crippen molar-refractivity contribution >= 4 is 28.6 Å². The van der Waals surface area contributed by atoms with Gasteiger partial charge in [-0.15, -0.1) is 0 Å². The summed E-state index contributed by atoms with van der Waals surface area (Å²) in [5, 5.41) is -0.0288. The molecule has 2 aromatic rings. The SMILES string of the molecule is [2H]N([2H])c1nc(N2CCN(C(=O)C3OC([2H])([2H])C([2H])([2H])C3([2H])[2H])CC2)nc2cc(OC([2H])([2H])[2H])c(OC([2H])([2H])[2H])cc12. The predicted octanol–water partition coefficient (Wildman–Crippen LogP) is 1.06. The van der Waals surface area contributed by atoms with Crippen molar-refractivity contribution in [2.24, 2.45) is 0 Å². The lowest BCUT2D eigenvalue weighted by Crippen LogP contribution is -2.51. The normalized spacial score (nSPS) is 33.4. The highest BCUT2D eigenvalue weighted by Crippen LogP contribution is 2.34. The molecule has 1 amide bonds. The summed E-state index contributed by atoms with van der Waals surface area (Å²) in [4.78, 5) is 24.3. The zero-order valence-corrected chi connectivity index (χ0v) is 14.4. The number of nitrogen functional groups attached to an aromatic ring is 1. The molecule has 0 aliphatic carbocycles. The summed E-state index contributed by atoms with van der Waals surface area (Å²) in [7, 11) is -5.98. The van der Waals surface area contributed by atoms with Gasteiger partial charge in [0.15, 0.2) is 14.3 Å². The lowest BCUT2D eigenvalue weighted by molar-refractivity contribution is -0.141. The van der Waals surface area contributed by atoms with Gasteiger partial charge in [0, 0.05) is 49.7 Å². The van der Waals surface area contributed by atoms with E-state index in [0.717, 1.165) is 12.1 Å². The highest BCUT2D eigenvalue weighted by Gasteiger charge is 2.31. The van der Waals surface area contributed by atoms with E-state index < -0.39 is 56.9 Å². The van der Waals surface area contributed by atoms with Gasteiger partial charge in [0.25, 0.3) is 5.91 Å². The first-order chi connectivity index (χ1) is 19.0. The van der Waals surface area contributed by atoms with Crippen LogP contribution in [0.5, 0.6) is 11.5 Å². The predicted molar refractivity (Wildman–Crippen MR) is 105 cm³/mol. The molecular weight excluding hydrogens is 362 g/mol. The summed E-state index contributed by atoms with van der Waals surface area (Å²) in [6, 6.07) is 2.11. The molecule has 4 rings (SSSR count). The fourth-order valence-electron chi connectivity index (χ4n) is 3.03. The lowest BCUT2D eigenvalue weighted by atomic mass is 10.2. The van der Waals surface area contributed by atoms with E-state index in [2.05, 4.69) is 9.97 Å². The molecule has 9 nitrogen and oxygen atoms in total. The topological polar surface area (TPSA) is 103 Å². The molecule has 150 valence electrons. The Kier molecular flexibility index (Phi) is 2.27. The Bertz CT molecular complexity index is 1360. The van der Waals surface area contributed by atoms with Crippen LogP contribution in [0.3, 0.4) is 0 Å². The Hall–Kier alpha value is -2.81. The summed E-state index contributed by atoms with van der Waals surface area (Å²) in [5.74, 6) is -2.30. The van der Waals surface area contributed by atoms with Crippen LogP contribution in [0.25, 0.3) is 10.9 Å². The van der Waals surface area contributed by atoms with E-state index in [1.807, 2.05) is 0 Å². The lowest BCUT2D eigenvalue weighted by Gasteiger charge is -2.35. The van der Waals surface area contributed by atoms with Gasteiger partial charge in [0.1, 0.15) is 11.9 Å². The van der Waals surface area contributed by atoms with Crippen LogP contribution < -0.4 is 20.1 Å². The number of anilines is 2. The van der Waals surface area contributed by atoms with Crippen molar-refractivity contribution in [3.05, 3.63) is 12.1 Å². The average Bonchev–Trinajstić information content (AvgIpc) is 2.97. The van der Waals surface area contributed by atoms with Crippen LogP contribution in [0.2, 0.25) is 2.82 Å². The zero-order chi connectivity index (χ0) is 31.6. The number of methoxy groups -OCH3 is 2. The van der Waals surface area contributed by atoms with Crippen molar-refractivity contribution in [3.8, 4) is 11.5 Å². The number of benzene rings is 1. The van der Waals surface area contributed by atoms with Crippen LogP contribution in [0, 0.1) is 0 Å². The molecule has 2 saturated heterocycles. The summed E-state index contributed by atoms with van der Waals surface area (Å²) >= 11 is 0. The van der Waals surface area contributed by atoms with Gasteiger partial charge in [-0.05, 0) is 18.8 Å². The third-order valence-corrected chi connectivity index (χ3v) is 4.48. The largest absolute Gasteiger partial charge is 0.493 e. The van der Waals surface area contributed by atoms with E-state index in [0.29, 0.717) is 0 Å². The van der Waals surface area contributed by atoms with Crippen LogP contribution in [-0.2, 0) is 9.53 Å². The third kappa shape index (κ3) is 3.37. The first kappa shape index (κ1) is 8.28. The van der Waals surface area contributed by atoms with Crippen LogP contribution in [0.15, 0.2) is 12.1 Å². The smallest absolute Gasteiger partial charge is 0.251 e. The minimum atomic E-state index is -3.09. The summed E-state index contributed by atoms with van der Waals surface area (Å²) < 4.78 is 122. The van der Waals surface area contributed by atoms with Crippen molar-refractivity contribution in [3.63, 3.8) is 0 Å². The molecule has 2 N–H and O–H groups in total. The van der Waals surface area contributed by atoms with Crippen LogP contribution >= 0.6 is 0 Å². The van der Waals surface area contributed by atoms with Gasteiger partial charge >= 0.3 is 0 Å². The molecule has 28 heavy (non-hydrogen) atoms. The Morgan fingerprint density at radius 3 is 2.75 bits per heavy atom. The number of aromatic nitrogens is 2. The second-order valence-electron chi connectivity index (χ2n) is 6.05. The number of ether oxygens (including phenoxy) is 3. The molecule has 9 heteroatoms. The number of nitrogens with zero attached hydrogens (tertiary/aromatic N) is 4. The van der Waals surface area contributed by atoms with Gasteiger partial charge in [0.05, 0.1) is 30.6 Å². The van der Waals surface area contributed by atoms with Crippen LogP contribution in [0.4, 0.5) is 11.8 Å². The summed E-state index contributed by atoms with van der Waals surface area (Å²) in [6.45, 7) is -3.06. The highest BCUT2D eigenvalue weighted by atomic mass is 16.5. The molecule has 2 aliphatic rings. The van der Waals surface area contributed by atoms with Gasteiger partial charge < -0.3 is 29.7 Å². The quantitative estimate of drug-likeness (QED) is 0.793. The molecule has 1 unspecified atom stereocenters. The van der Waals surface area contributed by atoms with E-state index in [1.165, 1.54) is 4.90 Å². The van der Waals surface area contributed by atoms with Crippen molar-refractivity contribution in [1.29, 1.82) is 0 Å². The van der Waals surface area contributed by atoms with Crippen molar-refractivity contribution in [2.75, 3.05) is 57.4 Å². The number of piperazine rings is 1. The van der Waals surface area contributed by atoms with Gasteiger partial charge in [-0.25, -0.2) is 4.98 Å². The van der Waals surface area contributed by atoms with E-state index in [9.17, 15) is 4.79 Å². The Morgan fingerprint density at radius 2 is 2.07 bits per heavy atom. The van der Waals surface area contributed by atoms with Crippen LogP contribution in [0.1, 0.15) is 29.2 Å². The summed E-state index contributed by atoms with van der Waals surface area (Å²) in [5.41, 5.74) is 0.116. The van der Waals surface area contributed by atoms with E-state index in [1.54, 1.807) is 4.90 Å². The number of amides is 1. The van der Waals surface area contributed by atoms with E-state index in [4.69, 9.17) is 33.5 Å². The molecule has 0 radical (unpaired) electrons. The number of fused-ring (bicyclic) bond motifs is 1. The standard InChI is InChI=1S/C19H25N5O4/c1-26-15-10-12-13(11-16(15)27-2)21-19(22-17(12)20)24-7-5-23(6-8-24)18(25)14-4-3-9-28-14/h10-11,14H,3-9H2,1-2H3,(H2,20,21,22)/i1D3,2D3,3D2,4D2,9D2/hD2. The molecular formula is C19H25N5O4. The number of hydrogen-bond donors (Lipinski definition) is 1. The zero-order valence-electron chi connectivity index (χ0n) is 28.4. The number of nitrogens with two attached hydrogens (primary N) is 1. The van der Waals surface area contributed by atoms with Gasteiger partial charge in [-0.2, -0.15) is 4.98 Å². The van der Waals surface area contributed by atoms with Crippen molar-refractivity contribution in [2.45, 2.75) is 18.8 Å². The Labute approximate surface area is 183 Å². The number of rotatable bonds is 5. The molecule has 1 atom stereocenters. The second-order valence-corrected chi connectivity index (χ2v) is 6.05. The highest BCUT2D eigenvalue weighted by molar-refractivity contribution is 5.91. The fraction of sp³-hybridized carbons (Fsp3) is 0.526. The minimum absolute atomic E-state index is 0.0211. The molecule has 3 heterocycles. The Balaban J connectivity index is 1.62. The number of carbonyl (C=O) groups is 1. The molecule has 0 spiro atoms. The maximum Gasteiger partial charge on any atom is 0.251 e. The molecule has 2 fully saturated rings. The second kappa shape index (κ2) is 7.67. The third-order valence-electron chi connectivity index (χ3n) is 4.48. The van der Waals surface area contributed by atoms with Gasteiger partial charge in [0.2, 0.25) is 5.95 Å². The minimum Gasteiger partial charge on any atom is -0.493 e. The maximum atomic E-state index is 13.0. The monoisotopic (exact) mass is 401 g/mol. The molecule has 1 aromatic heterocycles. The van der Waals surface area contributed by atoms with Gasteiger partial charge in [-0.3, -0.25) is 4.79 Å². The number of carbonyl (C=O) groups excluding carboxylic acids is 1. The summed E-state index contributed by atoms with van der Waals surface area (Å²) in [6.07, 6.45) is -8.07. The van der Waals surface area contributed by atoms with E-state index in [-0.39, 0.29) is 54.6 Å². The maximum absolute atomic E-state index is 13.0. The van der Waals surface area contributed by atoms with Gasteiger partial charge in [-0.1, -0.05) is 0 Å². The molecule has 0 bridgehead atoms. The van der Waals surface area contributed by atoms with E-state index >= 15 is 0 Å². The average molecular weight is 402 g/mol. The molecule has 1 aromatic carbocycles. The molecule has 0 saturated carbocycles. The molecule has 2 aliphatic heterocycles. The Morgan fingerprint density at radius 1 is 1.29 bits per heavy atom. The first-order valence-electron chi connectivity index (χ1n) is 15.2. The number of hydrogen-bond acceptors (Lipinski definition) is 8. The van der Waals surface area contributed by atoms with Crippen LogP contribution in [-0.4, -0.2) is 73.7 Å². The fourth-order valence-corrected chi connectivity index (χ4v) is 3.03. The van der Waals surface area contributed by atoms with Crippen molar-refractivity contribution in [1.82, 2.24) is 14.9 Å². The first-order valence-corrected chi connectivity index (χ1v) is 8.27. The van der Waals surface area contributed by atoms with Crippen molar-refractivity contribution < 1.29 is 38.3 Å².